The molecule has 0 aliphatic heterocycles. The van der Waals surface area contributed by atoms with Gasteiger partial charge in [0.1, 0.15) is 19.3 Å². The number of carbonyl (C=O) groups excluding carboxylic acids is 4. The van der Waals surface area contributed by atoms with Crippen LogP contribution in [0.25, 0.3) is 0 Å². The first kappa shape index (κ1) is 83.1. The second kappa shape index (κ2) is 56.1. The topological polar surface area (TPSA) is 237 Å². The van der Waals surface area contributed by atoms with Gasteiger partial charge in [0.2, 0.25) is 0 Å². The summed E-state index contributed by atoms with van der Waals surface area (Å²) in [6.45, 7) is 13.9. The lowest BCUT2D eigenvalue weighted by Crippen LogP contribution is -2.30. The van der Waals surface area contributed by atoms with Crippen molar-refractivity contribution in [2.24, 2.45) is 23.7 Å². The van der Waals surface area contributed by atoms with Gasteiger partial charge in [-0.2, -0.15) is 0 Å². The van der Waals surface area contributed by atoms with Crippen molar-refractivity contribution >= 4 is 39.5 Å². The third kappa shape index (κ3) is 60.7. The summed E-state index contributed by atoms with van der Waals surface area (Å²) in [7, 11) is -9.89. The van der Waals surface area contributed by atoms with Gasteiger partial charge in [-0.05, 0) is 49.4 Å². The number of phosphoric ester groups is 2. The van der Waals surface area contributed by atoms with Crippen LogP contribution in [-0.4, -0.2) is 96.7 Å². The minimum Gasteiger partial charge on any atom is -0.462 e. The molecule has 0 saturated heterocycles. The summed E-state index contributed by atoms with van der Waals surface area (Å²) in [5.41, 5.74) is 0. The first-order chi connectivity index (χ1) is 40.6. The zero-order valence-corrected chi connectivity index (χ0v) is 57.0. The Morgan fingerprint density at radius 1 is 0.294 bits per heavy atom. The van der Waals surface area contributed by atoms with Gasteiger partial charge < -0.3 is 33.8 Å². The Labute approximate surface area is 517 Å². The fourth-order valence-electron chi connectivity index (χ4n) is 9.78. The van der Waals surface area contributed by atoms with Crippen molar-refractivity contribution in [2.75, 3.05) is 39.6 Å². The smallest absolute Gasteiger partial charge is 0.462 e. The molecule has 3 unspecified atom stereocenters. The average molecular weight is 1260 g/mol. The number of esters is 4. The summed E-state index contributed by atoms with van der Waals surface area (Å²) in [5.74, 6) is 0.732. The molecule has 0 aliphatic carbocycles. The first-order valence-corrected chi connectivity index (χ1v) is 37.2. The van der Waals surface area contributed by atoms with Gasteiger partial charge in [-0.1, -0.05) is 267 Å². The van der Waals surface area contributed by atoms with E-state index in [0.29, 0.717) is 37.5 Å². The minimum atomic E-state index is -4.95. The maximum Gasteiger partial charge on any atom is 0.472 e. The van der Waals surface area contributed by atoms with Crippen LogP contribution in [0.3, 0.4) is 0 Å². The second-order valence-corrected chi connectivity index (χ2v) is 28.7. The van der Waals surface area contributed by atoms with Gasteiger partial charge in [-0.25, -0.2) is 9.13 Å². The van der Waals surface area contributed by atoms with Crippen molar-refractivity contribution in [2.45, 2.75) is 337 Å². The first-order valence-electron chi connectivity index (χ1n) is 34.2. The van der Waals surface area contributed by atoms with Crippen molar-refractivity contribution in [1.29, 1.82) is 0 Å². The SMILES string of the molecule is CC(C)CCCCCCCCCCCCCCC(=O)OC[C@H](COP(=O)(O)OCC(O)COP(=O)(O)OC[C@@H](COC(=O)CCCCCCCCCCC(C)C)OC(=O)CCCCCCCCCC(C)C)OC(=O)CCCCCCCCC(C)C. The van der Waals surface area contributed by atoms with Crippen molar-refractivity contribution in [3.63, 3.8) is 0 Å². The standard InChI is InChI=1S/C66H128O17P2/c1-56(2)42-34-26-18-13-11-9-10-12-14-21-30-38-46-63(68)76-53-62(83-66(71)49-41-33-25-24-29-37-45-59(7)8)55-81-85(74,75)79-51-60(67)50-78-84(72,73)80-54-61(82-65(70)48-40-32-23-17-20-28-36-44-58(5)6)52-77-64(69)47-39-31-22-16-15-19-27-35-43-57(3)4/h56-62,67H,9-55H2,1-8H3,(H,72,73)(H,74,75)/t60?,61-,62-/m1/s1. The highest BCUT2D eigenvalue weighted by atomic mass is 31.2. The Bertz CT molecular complexity index is 1700. The van der Waals surface area contributed by atoms with Crippen LogP contribution in [0, 0.1) is 23.7 Å². The van der Waals surface area contributed by atoms with Gasteiger partial charge in [0.25, 0.3) is 0 Å². The number of aliphatic hydroxyl groups is 1. The molecule has 0 aromatic heterocycles. The molecular weight excluding hydrogens is 1130 g/mol. The zero-order chi connectivity index (χ0) is 63.2. The number of phosphoric acid groups is 2. The van der Waals surface area contributed by atoms with E-state index in [9.17, 15) is 43.2 Å². The highest BCUT2D eigenvalue weighted by molar-refractivity contribution is 7.47. The van der Waals surface area contributed by atoms with Gasteiger partial charge in [-0.15, -0.1) is 0 Å². The molecule has 0 aliphatic rings. The summed E-state index contributed by atoms with van der Waals surface area (Å²) in [6.07, 6.45) is 36.5. The molecule has 0 spiro atoms. The third-order valence-corrected chi connectivity index (χ3v) is 17.0. The zero-order valence-electron chi connectivity index (χ0n) is 55.2. The van der Waals surface area contributed by atoms with Crippen molar-refractivity contribution < 1.29 is 80.2 Å². The molecule has 504 valence electrons. The fourth-order valence-corrected chi connectivity index (χ4v) is 11.4. The quantitative estimate of drug-likeness (QED) is 0.0222. The molecular formula is C66H128O17P2. The molecule has 0 radical (unpaired) electrons. The number of carbonyl (C=O) groups is 4. The lowest BCUT2D eigenvalue weighted by molar-refractivity contribution is -0.161. The fraction of sp³-hybridized carbons (Fsp3) is 0.939. The van der Waals surface area contributed by atoms with E-state index < -0.39 is 97.5 Å². The van der Waals surface area contributed by atoms with E-state index in [1.54, 1.807) is 0 Å². The maximum atomic E-state index is 13.0. The second-order valence-electron chi connectivity index (χ2n) is 25.8. The Balaban J connectivity index is 5.21. The van der Waals surface area contributed by atoms with E-state index >= 15 is 0 Å². The molecule has 0 saturated carbocycles. The van der Waals surface area contributed by atoms with Crippen LogP contribution in [0.2, 0.25) is 0 Å². The van der Waals surface area contributed by atoms with E-state index in [1.807, 2.05) is 0 Å². The summed E-state index contributed by atoms with van der Waals surface area (Å²) < 4.78 is 68.0. The Morgan fingerprint density at radius 3 is 0.729 bits per heavy atom. The van der Waals surface area contributed by atoms with Crippen molar-refractivity contribution in [1.82, 2.24) is 0 Å². The number of aliphatic hydroxyl groups excluding tert-OH is 1. The number of rotatable bonds is 63. The van der Waals surface area contributed by atoms with Crippen LogP contribution < -0.4 is 0 Å². The van der Waals surface area contributed by atoms with E-state index in [4.69, 9.17) is 37.0 Å². The highest BCUT2D eigenvalue weighted by Crippen LogP contribution is 2.45. The minimum absolute atomic E-state index is 0.101. The summed E-state index contributed by atoms with van der Waals surface area (Å²) in [6, 6.07) is 0. The van der Waals surface area contributed by atoms with Crippen molar-refractivity contribution in [3.05, 3.63) is 0 Å². The Kier molecular flexibility index (Phi) is 54.8. The third-order valence-electron chi connectivity index (χ3n) is 15.1. The average Bonchev–Trinajstić information content (AvgIpc) is 3.63. The number of ether oxygens (including phenoxy) is 4. The molecule has 17 nitrogen and oxygen atoms in total. The van der Waals surface area contributed by atoms with Crippen LogP contribution in [0.1, 0.15) is 319 Å². The molecule has 0 aromatic carbocycles. The van der Waals surface area contributed by atoms with Gasteiger partial charge in [0.05, 0.1) is 26.4 Å². The van der Waals surface area contributed by atoms with E-state index in [1.165, 1.54) is 122 Å². The maximum absolute atomic E-state index is 13.0. The number of hydrogen-bond donors (Lipinski definition) is 3. The van der Waals surface area contributed by atoms with E-state index in [2.05, 4.69) is 55.4 Å². The normalized spacial score (nSPS) is 14.4. The molecule has 3 N–H and O–H groups in total. The molecule has 0 rings (SSSR count). The van der Waals surface area contributed by atoms with Crippen LogP contribution >= 0.6 is 15.6 Å². The van der Waals surface area contributed by atoms with Crippen LogP contribution in [0.15, 0.2) is 0 Å². The molecule has 85 heavy (non-hydrogen) atoms. The largest absolute Gasteiger partial charge is 0.472 e. The molecule has 0 amide bonds. The van der Waals surface area contributed by atoms with E-state index in [-0.39, 0.29) is 25.7 Å². The lowest BCUT2D eigenvalue weighted by atomic mass is 10.0. The van der Waals surface area contributed by atoms with Gasteiger partial charge in [0.15, 0.2) is 12.2 Å². The lowest BCUT2D eigenvalue weighted by Gasteiger charge is -2.21. The number of unbranched alkanes of at least 4 members (excludes halogenated alkanes) is 29. The van der Waals surface area contributed by atoms with Crippen molar-refractivity contribution in [3.8, 4) is 0 Å². The van der Waals surface area contributed by atoms with Gasteiger partial charge in [-0.3, -0.25) is 37.3 Å². The monoisotopic (exact) mass is 1250 g/mol. The summed E-state index contributed by atoms with van der Waals surface area (Å²) >= 11 is 0. The van der Waals surface area contributed by atoms with Crippen LogP contribution in [0.4, 0.5) is 0 Å². The summed E-state index contributed by atoms with van der Waals surface area (Å²) in [4.78, 5) is 72.3. The highest BCUT2D eigenvalue weighted by Gasteiger charge is 2.30. The predicted molar refractivity (Wildman–Crippen MR) is 340 cm³/mol. The van der Waals surface area contributed by atoms with Crippen LogP contribution in [-0.2, 0) is 65.4 Å². The molecule has 0 bridgehead atoms. The molecule has 0 heterocycles. The molecule has 0 fully saturated rings. The van der Waals surface area contributed by atoms with Crippen LogP contribution in [0.5, 0.6) is 0 Å². The predicted octanol–water partition coefficient (Wildman–Crippen LogP) is 18.1. The van der Waals surface area contributed by atoms with Gasteiger partial charge >= 0.3 is 39.5 Å². The Morgan fingerprint density at radius 2 is 0.494 bits per heavy atom. The molecule has 19 heteroatoms. The van der Waals surface area contributed by atoms with Gasteiger partial charge in [0, 0.05) is 25.7 Å². The molecule has 5 atom stereocenters. The number of hydrogen-bond acceptors (Lipinski definition) is 15. The summed E-state index contributed by atoms with van der Waals surface area (Å²) in [5, 5.41) is 10.5. The van der Waals surface area contributed by atoms with E-state index in [0.717, 1.165) is 102 Å². The Hall–Kier alpha value is -1.94. The molecule has 0 aromatic rings.